The summed E-state index contributed by atoms with van der Waals surface area (Å²) < 4.78 is 18.9. The Labute approximate surface area is 137 Å². The summed E-state index contributed by atoms with van der Waals surface area (Å²) in [4.78, 5) is 14.6. The summed E-state index contributed by atoms with van der Waals surface area (Å²) in [7, 11) is 0. The highest BCUT2D eigenvalue weighted by molar-refractivity contribution is 5.69. The summed E-state index contributed by atoms with van der Waals surface area (Å²) in [5.74, 6) is 0.754. The van der Waals surface area contributed by atoms with E-state index in [2.05, 4.69) is 0 Å². The third-order valence-electron chi connectivity index (χ3n) is 4.98. The van der Waals surface area contributed by atoms with Gasteiger partial charge in [-0.3, -0.25) is 0 Å². The van der Waals surface area contributed by atoms with Gasteiger partial charge in [0.15, 0.2) is 0 Å². The molecule has 0 bridgehead atoms. The highest BCUT2D eigenvalue weighted by Gasteiger charge is 2.46. The van der Waals surface area contributed by atoms with Crippen molar-refractivity contribution in [3.8, 4) is 0 Å². The normalized spacial score (nSPS) is 27.7. The van der Waals surface area contributed by atoms with Crippen LogP contribution in [0.3, 0.4) is 0 Å². The van der Waals surface area contributed by atoms with E-state index in [9.17, 15) is 9.18 Å². The van der Waals surface area contributed by atoms with Crippen LogP contribution in [0.15, 0.2) is 24.3 Å². The molecular weight excluding hydrogens is 293 g/mol. The number of nitrogens with zero attached hydrogens (tertiary/aromatic N) is 1. The molecule has 1 aliphatic heterocycles. The molecule has 1 aromatic carbocycles. The van der Waals surface area contributed by atoms with Gasteiger partial charge in [-0.25, -0.2) is 9.18 Å². The summed E-state index contributed by atoms with van der Waals surface area (Å²) in [6.07, 6.45) is 4.50. The van der Waals surface area contributed by atoms with Gasteiger partial charge in [0.2, 0.25) is 0 Å². The maximum Gasteiger partial charge on any atom is 0.410 e. The van der Waals surface area contributed by atoms with Crippen LogP contribution in [0.4, 0.5) is 9.18 Å². The average Bonchev–Trinajstić information content (AvgIpc) is 2.86. The molecule has 23 heavy (non-hydrogen) atoms. The largest absolute Gasteiger partial charge is 0.444 e. The van der Waals surface area contributed by atoms with E-state index in [1.54, 1.807) is 0 Å². The van der Waals surface area contributed by atoms with Crippen LogP contribution in [0.25, 0.3) is 0 Å². The first-order valence-electron chi connectivity index (χ1n) is 8.60. The second kappa shape index (κ2) is 6.14. The molecule has 1 amide bonds. The summed E-state index contributed by atoms with van der Waals surface area (Å²) in [6, 6.07) is 6.61. The van der Waals surface area contributed by atoms with E-state index in [0.717, 1.165) is 18.5 Å². The van der Waals surface area contributed by atoms with E-state index in [1.165, 1.54) is 31.4 Å². The molecule has 0 aromatic heterocycles. The molecule has 2 fully saturated rings. The number of hydrogen-bond donors (Lipinski definition) is 0. The van der Waals surface area contributed by atoms with Gasteiger partial charge >= 0.3 is 6.09 Å². The van der Waals surface area contributed by atoms with Gasteiger partial charge in [-0.1, -0.05) is 25.0 Å². The monoisotopic (exact) mass is 319 g/mol. The summed E-state index contributed by atoms with van der Waals surface area (Å²) in [5, 5.41) is 0. The van der Waals surface area contributed by atoms with Gasteiger partial charge in [-0.2, -0.15) is 0 Å². The van der Waals surface area contributed by atoms with E-state index in [1.807, 2.05) is 37.8 Å². The molecule has 3 rings (SSSR count). The van der Waals surface area contributed by atoms with Crippen LogP contribution in [0.5, 0.6) is 0 Å². The van der Waals surface area contributed by atoms with Gasteiger partial charge in [-0.15, -0.1) is 0 Å². The molecule has 2 aliphatic rings. The van der Waals surface area contributed by atoms with Gasteiger partial charge in [-0.05, 0) is 63.1 Å². The van der Waals surface area contributed by atoms with Crippen molar-refractivity contribution in [1.82, 2.24) is 4.90 Å². The number of benzene rings is 1. The Hall–Kier alpha value is -1.58. The maximum atomic E-state index is 13.3. The van der Waals surface area contributed by atoms with Crippen LogP contribution in [0.2, 0.25) is 0 Å². The van der Waals surface area contributed by atoms with Crippen LogP contribution in [0.1, 0.15) is 58.1 Å². The zero-order valence-corrected chi connectivity index (χ0v) is 14.2. The second-order valence-electron chi connectivity index (χ2n) is 7.84. The maximum absolute atomic E-state index is 13.3. The molecule has 3 unspecified atom stereocenters. The number of rotatable bonds is 1. The molecule has 3 nitrogen and oxygen atoms in total. The minimum Gasteiger partial charge on any atom is -0.444 e. The number of likely N-dealkylation sites (tertiary alicyclic amines) is 1. The number of fused-ring (bicyclic) bond motifs is 1. The average molecular weight is 319 g/mol. The van der Waals surface area contributed by atoms with Gasteiger partial charge in [0.25, 0.3) is 0 Å². The Kier molecular flexibility index (Phi) is 4.35. The third-order valence-corrected chi connectivity index (χ3v) is 4.98. The van der Waals surface area contributed by atoms with Crippen molar-refractivity contribution < 1.29 is 13.9 Å². The van der Waals surface area contributed by atoms with Crippen molar-refractivity contribution in [2.24, 2.45) is 11.8 Å². The Bertz CT molecular complexity index is 564. The Morgan fingerprint density at radius 1 is 1.17 bits per heavy atom. The van der Waals surface area contributed by atoms with Gasteiger partial charge in [0.1, 0.15) is 11.4 Å². The Balaban J connectivity index is 1.89. The molecule has 1 saturated carbocycles. The number of ether oxygens (including phenoxy) is 1. The highest BCUT2D eigenvalue weighted by atomic mass is 19.1. The lowest BCUT2D eigenvalue weighted by Crippen LogP contribution is -2.37. The number of amides is 1. The first-order chi connectivity index (χ1) is 10.8. The van der Waals surface area contributed by atoms with E-state index in [4.69, 9.17) is 4.74 Å². The van der Waals surface area contributed by atoms with Crippen molar-refractivity contribution in [1.29, 1.82) is 0 Å². The van der Waals surface area contributed by atoms with E-state index in [0.29, 0.717) is 11.8 Å². The molecule has 0 N–H and O–H groups in total. The fourth-order valence-electron chi connectivity index (χ4n) is 4.07. The molecule has 1 aromatic rings. The SMILES string of the molecule is CC(C)(C)OC(=O)N1CC2CCCCC2C1c1ccc(F)cc1. The van der Waals surface area contributed by atoms with E-state index < -0.39 is 5.60 Å². The van der Waals surface area contributed by atoms with E-state index in [-0.39, 0.29) is 18.0 Å². The van der Waals surface area contributed by atoms with Crippen LogP contribution in [-0.2, 0) is 4.74 Å². The van der Waals surface area contributed by atoms with Crippen LogP contribution in [-0.4, -0.2) is 23.1 Å². The van der Waals surface area contributed by atoms with Crippen LogP contribution >= 0.6 is 0 Å². The van der Waals surface area contributed by atoms with Crippen molar-refractivity contribution >= 4 is 6.09 Å². The quantitative estimate of drug-likeness (QED) is 0.735. The number of hydrogen-bond acceptors (Lipinski definition) is 2. The van der Waals surface area contributed by atoms with Gasteiger partial charge < -0.3 is 9.64 Å². The minimum atomic E-state index is -0.502. The number of carbonyl (C=O) groups excluding carboxylic acids is 1. The zero-order valence-electron chi connectivity index (χ0n) is 14.2. The summed E-state index contributed by atoms with van der Waals surface area (Å²) >= 11 is 0. The fourth-order valence-corrected chi connectivity index (χ4v) is 4.07. The summed E-state index contributed by atoms with van der Waals surface area (Å²) in [6.45, 7) is 6.42. The Morgan fingerprint density at radius 3 is 2.48 bits per heavy atom. The molecular formula is C19H26FNO2. The van der Waals surface area contributed by atoms with Crippen molar-refractivity contribution in [2.75, 3.05) is 6.54 Å². The lowest BCUT2D eigenvalue weighted by Gasteiger charge is -2.32. The van der Waals surface area contributed by atoms with Crippen LogP contribution < -0.4 is 0 Å². The minimum absolute atomic E-state index is 0.00995. The Morgan fingerprint density at radius 2 is 1.83 bits per heavy atom. The first-order valence-corrected chi connectivity index (χ1v) is 8.60. The highest BCUT2D eigenvalue weighted by Crippen LogP contribution is 2.48. The molecule has 0 spiro atoms. The number of carbonyl (C=O) groups is 1. The van der Waals surface area contributed by atoms with Gasteiger partial charge in [0.05, 0.1) is 6.04 Å². The predicted octanol–water partition coefficient (Wildman–Crippen LogP) is 4.92. The van der Waals surface area contributed by atoms with Crippen molar-refractivity contribution in [3.63, 3.8) is 0 Å². The molecule has 3 atom stereocenters. The second-order valence-corrected chi connectivity index (χ2v) is 7.84. The molecule has 1 heterocycles. The molecule has 1 aliphatic carbocycles. The van der Waals surface area contributed by atoms with Crippen LogP contribution in [0, 0.1) is 17.7 Å². The smallest absolute Gasteiger partial charge is 0.410 e. The molecule has 126 valence electrons. The fraction of sp³-hybridized carbons (Fsp3) is 0.632. The lowest BCUT2D eigenvalue weighted by atomic mass is 9.77. The number of halogens is 1. The third kappa shape index (κ3) is 3.51. The van der Waals surface area contributed by atoms with Crippen molar-refractivity contribution in [2.45, 2.75) is 58.1 Å². The molecule has 1 saturated heterocycles. The predicted molar refractivity (Wildman–Crippen MR) is 87.5 cm³/mol. The van der Waals surface area contributed by atoms with Gasteiger partial charge in [0, 0.05) is 6.54 Å². The zero-order chi connectivity index (χ0) is 16.6. The molecule has 0 radical (unpaired) electrons. The van der Waals surface area contributed by atoms with E-state index >= 15 is 0 Å². The standard InChI is InChI=1S/C19H26FNO2/c1-19(2,3)23-18(22)21-12-14-6-4-5-7-16(14)17(21)13-8-10-15(20)11-9-13/h8-11,14,16-17H,4-7,12H2,1-3H3. The first kappa shape index (κ1) is 16.3. The van der Waals surface area contributed by atoms with Crippen molar-refractivity contribution in [3.05, 3.63) is 35.6 Å². The lowest BCUT2D eigenvalue weighted by molar-refractivity contribution is 0.0203. The molecule has 4 heteroatoms. The topological polar surface area (TPSA) is 29.5 Å². The summed E-state index contributed by atoms with van der Waals surface area (Å²) in [5.41, 5.74) is 0.518.